The van der Waals surface area contributed by atoms with Gasteiger partial charge in [0.2, 0.25) is 41.2 Å². The van der Waals surface area contributed by atoms with E-state index in [0.29, 0.717) is 55.1 Å². The number of unbranched alkanes of at least 4 members (excludes halogenated alkanes) is 2. The molecule has 31 nitrogen and oxygen atoms in total. The van der Waals surface area contributed by atoms with Gasteiger partial charge >= 0.3 is 25.7 Å². The number of nitrogens with one attached hydrogen (secondary N) is 5. The number of ether oxygens (including phenoxy) is 2. The molecule has 0 spiro atoms. The highest BCUT2D eigenvalue weighted by atomic mass is 31.2. The Bertz CT molecular complexity index is 3540. The molecular weight excluding hydrogens is 1480 g/mol. The highest BCUT2D eigenvalue weighted by molar-refractivity contribution is 7.47. The number of esters is 2. The average molecular weight is 1610 g/mol. The Hall–Kier alpha value is -6.19. The molecule has 0 aromatic rings. The number of carboxylic acid groups (broad SMARTS) is 1. The van der Waals surface area contributed by atoms with Crippen LogP contribution in [-0.4, -0.2) is 237 Å². The number of aliphatic hydroxyl groups excluding tert-OH is 5. The summed E-state index contributed by atoms with van der Waals surface area (Å²) in [6.45, 7) is 9.49. The quantitative estimate of drug-likeness (QED) is 0.0180. The number of carboxylic acids is 1. The van der Waals surface area contributed by atoms with Gasteiger partial charge in [0.15, 0.2) is 18.1 Å². The summed E-state index contributed by atoms with van der Waals surface area (Å²) < 4.78 is 50.4. The third-order valence-electron chi connectivity index (χ3n) is 27.4. The van der Waals surface area contributed by atoms with Crippen LogP contribution in [0.2, 0.25) is 0 Å². The van der Waals surface area contributed by atoms with E-state index >= 15 is 4.39 Å². The van der Waals surface area contributed by atoms with E-state index in [9.17, 15) is 97.9 Å². The minimum absolute atomic E-state index is 0.00359. The van der Waals surface area contributed by atoms with Gasteiger partial charge in [0.1, 0.15) is 49.6 Å². The highest BCUT2D eigenvalue weighted by Gasteiger charge is 2.76. The molecule has 112 heavy (non-hydrogen) atoms. The number of phosphoric ester groups is 1. The summed E-state index contributed by atoms with van der Waals surface area (Å²) in [5.74, 6) is -10.0. The van der Waals surface area contributed by atoms with E-state index in [-0.39, 0.29) is 150 Å². The van der Waals surface area contributed by atoms with Crippen LogP contribution in [0.1, 0.15) is 202 Å². The zero-order chi connectivity index (χ0) is 82.9. The number of amides is 6. The molecule has 8 aliphatic carbocycles. The van der Waals surface area contributed by atoms with Crippen molar-refractivity contribution in [2.75, 3.05) is 67.2 Å². The minimum atomic E-state index is -4.55. The van der Waals surface area contributed by atoms with Crippen LogP contribution in [0, 0.1) is 74.9 Å². The number of primary amides is 1. The Labute approximate surface area is 655 Å². The summed E-state index contributed by atoms with van der Waals surface area (Å²) in [5, 5.41) is 91.6. The van der Waals surface area contributed by atoms with Crippen molar-refractivity contribution in [2.24, 2.45) is 80.7 Å². The first kappa shape index (κ1) is 91.3. The number of halogens is 1. The molecule has 0 aromatic heterocycles. The van der Waals surface area contributed by atoms with Gasteiger partial charge in [-0.3, -0.25) is 57.0 Å². The van der Waals surface area contributed by atoms with Gasteiger partial charge in [0.25, 0.3) is 0 Å². The maximum atomic E-state index is 17.7. The molecule has 0 heterocycles. The summed E-state index contributed by atoms with van der Waals surface area (Å²) in [7, 11) is 0.970. The second kappa shape index (κ2) is 37.8. The fourth-order valence-electron chi connectivity index (χ4n) is 21.0. The summed E-state index contributed by atoms with van der Waals surface area (Å²) in [6, 6.07) is -3.85. The number of nitrogens with two attached hydrogens (primary N) is 1. The molecule has 632 valence electrons. The fourth-order valence-corrected chi connectivity index (χ4v) is 21.8. The van der Waals surface area contributed by atoms with Crippen LogP contribution in [0.15, 0.2) is 23.8 Å². The number of fused-ring (bicyclic) bond motifs is 10. The van der Waals surface area contributed by atoms with Crippen LogP contribution in [-0.2, 0) is 75.8 Å². The first-order valence-corrected chi connectivity index (χ1v) is 41.8. The number of carbonyl (C=O) groups excluding carboxylic acids is 10. The van der Waals surface area contributed by atoms with Crippen LogP contribution in [0.25, 0.3) is 0 Å². The number of allylic oxidation sites excluding steroid dienone is 4. The lowest BCUT2D eigenvalue weighted by molar-refractivity contribution is -0.870. The molecule has 0 saturated heterocycles. The van der Waals surface area contributed by atoms with Crippen LogP contribution >= 0.6 is 7.82 Å². The van der Waals surface area contributed by atoms with Crippen molar-refractivity contribution < 1.29 is 125 Å². The zero-order valence-electron chi connectivity index (χ0n) is 66.6. The lowest BCUT2D eigenvalue weighted by Gasteiger charge is -2.63. The van der Waals surface area contributed by atoms with Crippen molar-refractivity contribution in [1.29, 1.82) is 0 Å². The van der Waals surface area contributed by atoms with Gasteiger partial charge in [0.05, 0.1) is 65.0 Å². The maximum absolute atomic E-state index is 17.7. The molecule has 33 heteroatoms. The smallest absolute Gasteiger partial charge is 0.472 e. The number of carbonyl (C=O) groups is 11. The summed E-state index contributed by atoms with van der Waals surface area (Å²) in [4.78, 5) is 153. The fraction of sp³-hybridized carbons (Fsp3) is 0.810. The van der Waals surface area contributed by atoms with Gasteiger partial charge in [-0.25, -0.2) is 13.8 Å². The number of rotatable bonds is 41. The van der Waals surface area contributed by atoms with E-state index in [0.717, 1.165) is 19.3 Å². The molecule has 0 bridgehead atoms. The molecule has 8 aliphatic rings. The average Bonchev–Trinajstić information content (AvgIpc) is 1.41. The molecule has 24 atom stereocenters. The molecule has 0 aromatic carbocycles. The number of Topliss-reactive ketones (excluding diaryl/α,β-unsaturated/α-hetero) is 1. The Kier molecular flexibility index (Phi) is 30.8. The minimum Gasteiger partial charge on any atom is -0.480 e. The number of alkyl halides is 1. The molecule has 6 amide bonds. The first-order valence-electron chi connectivity index (χ1n) is 40.3. The van der Waals surface area contributed by atoms with Crippen molar-refractivity contribution in [2.45, 2.75) is 262 Å². The SMILES string of the molecule is C[C@H](CCC(=O)N[C@@H](CCC(=O)N[C@@H](CCCCNC(=O)[C@H](CCCCNC(=O)CCC(=O)OCC(=O)[C@@]1(O)[C@H](C)C[C@H]2[C@@H]3CCC4=CC(=O)C=C[C@]4(C)[C@@]3(F)[C@@H](O)C[C@@]21C)NC(=O)CCC(=O)OCC(O)COP(=O)(O)OCC[N+](C)(C)C)C(N)=O)C(=O)O)[C@H]1CC[C@H]2C3C(O)C[C@@H]4C[C@H](O)CC[C@]4(C)[C@H]3C[C@H](O)[C@]12C. The van der Waals surface area contributed by atoms with Gasteiger partial charge in [-0.05, 0) is 199 Å². The summed E-state index contributed by atoms with van der Waals surface area (Å²) >= 11 is 0. The predicted octanol–water partition coefficient (Wildman–Crippen LogP) is 3.51. The Morgan fingerprint density at radius 3 is 1.97 bits per heavy atom. The van der Waals surface area contributed by atoms with Crippen LogP contribution < -0.4 is 32.3 Å². The molecular formula is C79H126FN7O24P+. The van der Waals surface area contributed by atoms with Crippen molar-refractivity contribution >= 4 is 72.7 Å². The van der Waals surface area contributed by atoms with Crippen molar-refractivity contribution in [3.8, 4) is 0 Å². The number of aliphatic carboxylic acids is 1. The number of nitrogens with zero attached hydrogens (tertiary/aromatic N) is 1. The number of hydrogen-bond acceptors (Lipinski definition) is 22. The Morgan fingerprint density at radius 1 is 0.696 bits per heavy atom. The van der Waals surface area contributed by atoms with Gasteiger partial charge < -0.3 is 86.9 Å². The zero-order valence-corrected chi connectivity index (χ0v) is 67.5. The van der Waals surface area contributed by atoms with Crippen LogP contribution in [0.5, 0.6) is 0 Å². The Morgan fingerprint density at radius 2 is 1.31 bits per heavy atom. The monoisotopic (exact) mass is 1610 g/mol. The molecule has 4 unspecified atom stereocenters. The molecule has 8 rings (SSSR count). The van der Waals surface area contributed by atoms with Crippen molar-refractivity contribution in [3.63, 3.8) is 0 Å². The number of likely N-dealkylation sites (N-methyl/N-ethyl adjacent to an activating group) is 1. The summed E-state index contributed by atoms with van der Waals surface area (Å²) in [6.07, 6.45) is 4.07. The predicted molar refractivity (Wildman–Crippen MR) is 402 cm³/mol. The van der Waals surface area contributed by atoms with Crippen LogP contribution in [0.3, 0.4) is 0 Å². The van der Waals surface area contributed by atoms with Gasteiger partial charge in [-0.2, -0.15) is 0 Å². The third-order valence-corrected chi connectivity index (χ3v) is 28.4. The largest absolute Gasteiger partial charge is 0.480 e. The lowest BCUT2D eigenvalue weighted by atomic mass is 9.43. The standard InChI is InChI=1S/C79H125FN7O24P/c1-45(52-19-20-54-70-56(40-61(92)77(52,54)6)74(3)30-28-49(88)38-48(74)39-60(70)91)16-22-65(96)86-59(73(103)104)21-23-66(97)84-57(71(81)101)14-10-13-33-83-72(102)58(85-67(98)25-27-68(99)108-42-51(90)43-111-112(106,107)110-35-34-87(7,8)9)15-11-12-32-82-64(95)24-26-69(100)109-44-63(94)79(105)46(2)36-55-53-18-17-47-37-50(89)29-31-75(47,4)78(53,80)62(93)41-76(55,79)5/h29,31,37,45-46,48-49,51-62,70,88,90-93,105H,10-28,30,32-36,38-44H2,1-9H3,(H8-,81,82,83,84,85,86,95,96,97,98,101,102,103,104,106,107)/p+1/t45-,46-,48+,49-,51?,52-,53+,54+,55+,56+,57+,58+,59+,60?,61+,62+,70?,74+,75+,76+,77-,78+,79+/m1/s1. The summed E-state index contributed by atoms with van der Waals surface area (Å²) in [5.41, 5.74) is -1.21. The molecule has 15 N–H and O–H groups in total. The van der Waals surface area contributed by atoms with E-state index in [4.69, 9.17) is 24.3 Å². The second-order valence-electron chi connectivity index (χ2n) is 35.5. The number of hydrogen-bond donors (Lipinski definition) is 14. The molecule has 7 fully saturated rings. The van der Waals surface area contributed by atoms with E-state index in [1.165, 1.54) is 18.2 Å². The van der Waals surface area contributed by atoms with Crippen molar-refractivity contribution in [3.05, 3.63) is 23.8 Å². The second-order valence-corrected chi connectivity index (χ2v) is 37.0. The number of phosphoric acid groups is 1. The number of quaternary nitrogens is 1. The lowest BCUT2D eigenvalue weighted by Crippen LogP contribution is -2.69. The highest BCUT2D eigenvalue weighted by Crippen LogP contribution is 2.72. The van der Waals surface area contributed by atoms with Gasteiger partial charge in [-0.1, -0.05) is 46.3 Å². The normalized spacial score (nSPS) is 34.3. The molecule has 0 aliphatic heterocycles. The maximum Gasteiger partial charge on any atom is 0.472 e. The third kappa shape index (κ3) is 21.0. The molecule has 7 saturated carbocycles. The van der Waals surface area contributed by atoms with E-state index < -0.39 is 200 Å². The van der Waals surface area contributed by atoms with E-state index in [2.05, 4.69) is 40.4 Å². The number of aliphatic hydroxyl groups is 6. The van der Waals surface area contributed by atoms with E-state index in [1.54, 1.807) is 20.8 Å². The number of ketones is 2. The first-order chi connectivity index (χ1) is 52.3. The van der Waals surface area contributed by atoms with Gasteiger partial charge in [-0.15, -0.1) is 0 Å². The van der Waals surface area contributed by atoms with Crippen molar-refractivity contribution in [1.82, 2.24) is 26.6 Å². The molecule has 0 radical (unpaired) electrons. The van der Waals surface area contributed by atoms with Gasteiger partial charge in [0, 0.05) is 55.5 Å². The van der Waals surface area contributed by atoms with E-state index in [1.807, 2.05) is 28.1 Å². The topological polar surface area (TPSA) is 490 Å². The Balaban J connectivity index is 0.759. The van der Waals surface area contributed by atoms with Crippen LogP contribution in [0.4, 0.5) is 4.39 Å².